The average molecular weight is 244 g/mol. The molecule has 0 saturated carbocycles. The van der Waals surface area contributed by atoms with E-state index in [0.29, 0.717) is 4.57 Å². The first kappa shape index (κ1) is 12.0. The maximum atomic E-state index is 14.3. The van der Waals surface area contributed by atoms with Crippen LogP contribution in [0.25, 0.3) is 0 Å². The van der Waals surface area contributed by atoms with Crippen LogP contribution in [0.4, 0.5) is 4.39 Å². The van der Waals surface area contributed by atoms with E-state index < -0.39 is 35.4 Å². The van der Waals surface area contributed by atoms with E-state index in [1.165, 1.54) is 13.1 Å². The molecule has 0 aromatic carbocycles. The van der Waals surface area contributed by atoms with Gasteiger partial charge in [-0.05, 0) is 13.8 Å². The Hall–Kier alpha value is -1.47. The number of rotatable bonds is 1. The normalized spacial score (nSPS) is 37.3. The molecular weight excluding hydrogens is 231 g/mol. The summed E-state index contributed by atoms with van der Waals surface area (Å²) in [6.07, 6.45) is -2.43. The molecule has 0 amide bonds. The number of hydrogen-bond donors (Lipinski definition) is 2. The molecule has 2 rings (SSSR count). The lowest BCUT2D eigenvalue weighted by molar-refractivity contribution is -0.0494. The highest BCUT2D eigenvalue weighted by atomic mass is 19.1. The van der Waals surface area contributed by atoms with Crippen molar-refractivity contribution in [3.05, 3.63) is 33.1 Å². The number of aliphatic hydroxyl groups is 1. The molecule has 1 saturated heterocycles. The van der Waals surface area contributed by atoms with E-state index in [1.54, 1.807) is 0 Å². The van der Waals surface area contributed by atoms with E-state index >= 15 is 0 Å². The van der Waals surface area contributed by atoms with Gasteiger partial charge in [0, 0.05) is 12.3 Å². The summed E-state index contributed by atoms with van der Waals surface area (Å²) >= 11 is 0. The number of aromatic nitrogens is 2. The van der Waals surface area contributed by atoms with Gasteiger partial charge in [0.25, 0.3) is 5.56 Å². The highest BCUT2D eigenvalue weighted by Crippen LogP contribution is 2.39. The summed E-state index contributed by atoms with van der Waals surface area (Å²) in [5, 5.41) is 9.61. The zero-order valence-electron chi connectivity index (χ0n) is 9.38. The Morgan fingerprint density at radius 3 is 2.71 bits per heavy atom. The SMILES string of the molecule is C[C@H]1O[C@@H](n2c(=O)cc[nH]c2=O)[C@](C)(F)[C@@H]1O. The van der Waals surface area contributed by atoms with E-state index in [4.69, 9.17) is 4.74 Å². The fraction of sp³-hybridized carbons (Fsp3) is 0.600. The van der Waals surface area contributed by atoms with Crippen LogP contribution in [0.2, 0.25) is 0 Å². The van der Waals surface area contributed by atoms with E-state index in [9.17, 15) is 19.1 Å². The number of alkyl halides is 1. The molecule has 17 heavy (non-hydrogen) atoms. The van der Waals surface area contributed by atoms with Crippen LogP contribution in [0.3, 0.4) is 0 Å². The van der Waals surface area contributed by atoms with Crippen molar-refractivity contribution in [1.82, 2.24) is 9.55 Å². The summed E-state index contributed by atoms with van der Waals surface area (Å²) in [6.45, 7) is 2.58. The number of aromatic amines is 1. The molecule has 1 fully saturated rings. The monoisotopic (exact) mass is 244 g/mol. The van der Waals surface area contributed by atoms with Gasteiger partial charge in [-0.1, -0.05) is 0 Å². The minimum atomic E-state index is -2.20. The minimum absolute atomic E-state index is 0.632. The van der Waals surface area contributed by atoms with Gasteiger partial charge in [-0.25, -0.2) is 13.8 Å². The Morgan fingerprint density at radius 1 is 1.59 bits per heavy atom. The topological polar surface area (TPSA) is 84.3 Å². The third kappa shape index (κ3) is 1.71. The summed E-state index contributed by atoms with van der Waals surface area (Å²) in [7, 11) is 0. The molecule has 2 N–H and O–H groups in total. The zero-order valence-corrected chi connectivity index (χ0v) is 9.38. The van der Waals surface area contributed by atoms with Crippen LogP contribution in [-0.4, -0.2) is 32.5 Å². The molecule has 0 bridgehead atoms. The Balaban J connectivity index is 2.56. The van der Waals surface area contributed by atoms with Crippen molar-refractivity contribution in [1.29, 1.82) is 0 Å². The van der Waals surface area contributed by atoms with E-state index in [2.05, 4.69) is 4.98 Å². The van der Waals surface area contributed by atoms with Crippen LogP contribution in [0, 0.1) is 0 Å². The standard InChI is InChI=1S/C10H13FN2O4/c1-5-7(15)10(2,11)8(17-5)13-6(14)3-4-12-9(13)16/h3-5,7-8,15H,1-2H3,(H,12,16)/t5-,7-,8-,10-/m1/s1. The maximum Gasteiger partial charge on any atom is 0.330 e. The molecule has 0 spiro atoms. The van der Waals surface area contributed by atoms with Gasteiger partial charge in [0.1, 0.15) is 6.10 Å². The van der Waals surface area contributed by atoms with Gasteiger partial charge in [-0.2, -0.15) is 0 Å². The highest BCUT2D eigenvalue weighted by molar-refractivity contribution is 5.00. The first-order valence-corrected chi connectivity index (χ1v) is 5.18. The van der Waals surface area contributed by atoms with Crippen molar-refractivity contribution >= 4 is 0 Å². The molecule has 1 aliphatic heterocycles. The predicted molar refractivity (Wildman–Crippen MR) is 56.4 cm³/mol. The lowest BCUT2D eigenvalue weighted by Gasteiger charge is -2.24. The van der Waals surface area contributed by atoms with Gasteiger partial charge in [0.15, 0.2) is 11.9 Å². The number of nitrogens with zero attached hydrogens (tertiary/aromatic N) is 1. The zero-order chi connectivity index (χ0) is 12.8. The fourth-order valence-electron chi connectivity index (χ4n) is 1.99. The second kappa shape index (κ2) is 3.78. The molecule has 94 valence electrons. The predicted octanol–water partition coefficient (Wildman–Crippen LogP) is -0.457. The molecule has 4 atom stereocenters. The first-order valence-electron chi connectivity index (χ1n) is 5.18. The molecule has 0 aliphatic carbocycles. The van der Waals surface area contributed by atoms with Crippen molar-refractivity contribution in [3.63, 3.8) is 0 Å². The van der Waals surface area contributed by atoms with Crippen LogP contribution >= 0.6 is 0 Å². The van der Waals surface area contributed by atoms with Gasteiger partial charge >= 0.3 is 5.69 Å². The van der Waals surface area contributed by atoms with Crippen LogP contribution in [0.15, 0.2) is 21.9 Å². The fourth-order valence-corrected chi connectivity index (χ4v) is 1.99. The Kier molecular flexibility index (Phi) is 2.67. The van der Waals surface area contributed by atoms with Gasteiger partial charge in [-0.15, -0.1) is 0 Å². The second-order valence-corrected chi connectivity index (χ2v) is 4.28. The molecule has 1 aromatic heterocycles. The Bertz CT molecular complexity index is 507. The van der Waals surface area contributed by atoms with E-state index in [-0.39, 0.29) is 0 Å². The number of ether oxygens (including phenoxy) is 1. The minimum Gasteiger partial charge on any atom is -0.387 e. The number of hydrogen-bond acceptors (Lipinski definition) is 4. The largest absolute Gasteiger partial charge is 0.387 e. The second-order valence-electron chi connectivity index (χ2n) is 4.28. The summed E-state index contributed by atoms with van der Waals surface area (Å²) in [5.74, 6) is 0. The lowest BCUT2D eigenvalue weighted by atomic mass is 9.99. The summed E-state index contributed by atoms with van der Waals surface area (Å²) in [5.41, 5.74) is -3.64. The third-order valence-corrected chi connectivity index (χ3v) is 2.97. The van der Waals surface area contributed by atoms with E-state index in [1.807, 2.05) is 0 Å². The summed E-state index contributed by atoms with van der Waals surface area (Å²) < 4.78 is 20.1. The van der Waals surface area contributed by atoms with Crippen LogP contribution in [-0.2, 0) is 4.74 Å². The molecule has 0 unspecified atom stereocenters. The van der Waals surface area contributed by atoms with Gasteiger partial charge in [-0.3, -0.25) is 4.79 Å². The van der Waals surface area contributed by atoms with Crippen molar-refractivity contribution < 1.29 is 14.2 Å². The Labute approximate surface area is 95.7 Å². The van der Waals surface area contributed by atoms with Crippen LogP contribution in [0.1, 0.15) is 20.1 Å². The van der Waals surface area contributed by atoms with Crippen molar-refractivity contribution in [2.45, 2.75) is 38.0 Å². The summed E-state index contributed by atoms with van der Waals surface area (Å²) in [6, 6.07) is 1.09. The quantitative estimate of drug-likeness (QED) is 0.700. The highest BCUT2D eigenvalue weighted by Gasteiger charge is 2.54. The van der Waals surface area contributed by atoms with Crippen molar-refractivity contribution in [3.8, 4) is 0 Å². The molecule has 2 heterocycles. The molecule has 1 aliphatic rings. The number of H-pyrrole nitrogens is 1. The average Bonchev–Trinajstić information content (AvgIpc) is 2.43. The first-order chi connectivity index (χ1) is 7.85. The maximum absolute atomic E-state index is 14.3. The lowest BCUT2D eigenvalue weighted by Crippen LogP contribution is -2.46. The van der Waals surface area contributed by atoms with Gasteiger partial charge < -0.3 is 14.8 Å². The van der Waals surface area contributed by atoms with Crippen LogP contribution < -0.4 is 11.2 Å². The van der Waals surface area contributed by atoms with Crippen molar-refractivity contribution in [2.75, 3.05) is 0 Å². The molecule has 1 aromatic rings. The van der Waals surface area contributed by atoms with Gasteiger partial charge in [0.2, 0.25) is 0 Å². The third-order valence-electron chi connectivity index (χ3n) is 2.97. The summed E-state index contributed by atoms with van der Waals surface area (Å²) in [4.78, 5) is 25.3. The number of halogens is 1. The molecule has 6 nitrogen and oxygen atoms in total. The van der Waals surface area contributed by atoms with Crippen LogP contribution in [0.5, 0.6) is 0 Å². The van der Waals surface area contributed by atoms with Crippen molar-refractivity contribution in [2.24, 2.45) is 0 Å². The molecular formula is C10H13FN2O4. The van der Waals surface area contributed by atoms with E-state index in [0.717, 1.165) is 13.0 Å². The van der Waals surface area contributed by atoms with Gasteiger partial charge in [0.05, 0.1) is 6.10 Å². The Morgan fingerprint density at radius 2 is 2.24 bits per heavy atom. The molecule has 0 radical (unpaired) electrons. The number of aliphatic hydroxyl groups excluding tert-OH is 1. The number of nitrogens with one attached hydrogen (secondary N) is 1. The smallest absolute Gasteiger partial charge is 0.330 e. The molecule has 7 heteroatoms.